The summed E-state index contributed by atoms with van der Waals surface area (Å²) in [4.78, 5) is 25.5. The smallest absolute Gasteiger partial charge is 0.335 e. The van der Waals surface area contributed by atoms with E-state index in [4.69, 9.17) is 9.84 Å². The molecule has 0 radical (unpaired) electrons. The van der Waals surface area contributed by atoms with Crippen LogP contribution in [0.1, 0.15) is 36.2 Å². The average molecular weight is 490 g/mol. The Hall–Kier alpha value is -3.68. The van der Waals surface area contributed by atoms with Crippen LogP contribution in [0.4, 0.5) is 5.69 Å². The maximum atomic E-state index is 12.5. The van der Waals surface area contributed by atoms with Crippen molar-refractivity contribution < 1.29 is 19.4 Å². The van der Waals surface area contributed by atoms with Crippen LogP contribution in [0.2, 0.25) is 0 Å². The molecular formula is C29H35N3O4. The summed E-state index contributed by atoms with van der Waals surface area (Å²) in [5.74, 6) is 0.500. The molecule has 0 fully saturated rings. The van der Waals surface area contributed by atoms with Gasteiger partial charge in [-0.05, 0) is 79.5 Å². The third kappa shape index (κ3) is 9.17. The number of hydrogen-bond donors (Lipinski definition) is 3. The number of benzene rings is 3. The standard InChI is InChI=1S/C29H35N3O4/c1-29(2,17-18-30-19-22-9-11-23(12-10-22)28(34)35)21-32(3)20-27(33)31-24-13-15-26(16-14-24)36-25-7-5-4-6-8-25/h4-16,30H,17-21H2,1-3H3,(H,31,33)(H,34,35). The van der Waals surface area contributed by atoms with Crippen LogP contribution >= 0.6 is 0 Å². The number of likely N-dealkylation sites (N-methyl/N-ethyl adjacent to an activating group) is 1. The van der Waals surface area contributed by atoms with Crippen molar-refractivity contribution in [1.29, 1.82) is 0 Å². The third-order valence-electron chi connectivity index (χ3n) is 5.74. The van der Waals surface area contributed by atoms with Crippen molar-refractivity contribution in [2.75, 3.05) is 32.0 Å². The summed E-state index contributed by atoms with van der Waals surface area (Å²) in [6, 6.07) is 23.8. The van der Waals surface area contributed by atoms with Crippen molar-refractivity contribution in [1.82, 2.24) is 10.2 Å². The Morgan fingerprint density at radius 3 is 2.19 bits per heavy atom. The lowest BCUT2D eigenvalue weighted by atomic mass is 9.88. The number of nitrogens with zero attached hydrogens (tertiary/aromatic N) is 1. The maximum absolute atomic E-state index is 12.5. The van der Waals surface area contributed by atoms with E-state index >= 15 is 0 Å². The minimum atomic E-state index is -0.916. The van der Waals surface area contributed by atoms with E-state index in [0.717, 1.165) is 36.5 Å². The molecular weight excluding hydrogens is 454 g/mol. The van der Waals surface area contributed by atoms with Gasteiger partial charge in [0.25, 0.3) is 0 Å². The Labute approximate surface area is 213 Å². The highest BCUT2D eigenvalue weighted by Crippen LogP contribution is 2.23. The Morgan fingerprint density at radius 2 is 1.56 bits per heavy atom. The number of amides is 1. The van der Waals surface area contributed by atoms with Crippen molar-refractivity contribution >= 4 is 17.6 Å². The molecule has 3 N–H and O–H groups in total. The van der Waals surface area contributed by atoms with Crippen LogP contribution in [0.25, 0.3) is 0 Å². The van der Waals surface area contributed by atoms with Crippen LogP contribution in [0.3, 0.4) is 0 Å². The summed E-state index contributed by atoms with van der Waals surface area (Å²) in [6.07, 6.45) is 0.940. The Bertz CT molecular complexity index is 1110. The van der Waals surface area contributed by atoms with Crippen molar-refractivity contribution in [3.63, 3.8) is 0 Å². The van der Waals surface area contributed by atoms with Gasteiger partial charge in [0.1, 0.15) is 11.5 Å². The van der Waals surface area contributed by atoms with E-state index in [1.165, 1.54) is 0 Å². The number of anilines is 1. The van der Waals surface area contributed by atoms with E-state index in [9.17, 15) is 9.59 Å². The SMILES string of the molecule is CN(CC(=O)Nc1ccc(Oc2ccccc2)cc1)CC(C)(C)CCNCc1ccc(C(=O)O)cc1. The van der Waals surface area contributed by atoms with E-state index in [1.807, 2.05) is 78.7 Å². The van der Waals surface area contributed by atoms with Gasteiger partial charge in [0.15, 0.2) is 0 Å². The molecule has 0 spiro atoms. The second kappa shape index (κ2) is 12.9. The molecule has 190 valence electrons. The molecule has 0 aliphatic carbocycles. The number of carbonyl (C=O) groups excluding carboxylic acids is 1. The van der Waals surface area contributed by atoms with E-state index < -0.39 is 5.97 Å². The van der Waals surface area contributed by atoms with E-state index in [0.29, 0.717) is 24.4 Å². The van der Waals surface area contributed by atoms with Crippen LogP contribution < -0.4 is 15.4 Å². The second-order valence-electron chi connectivity index (χ2n) is 9.75. The highest BCUT2D eigenvalue weighted by Gasteiger charge is 2.21. The predicted octanol–water partition coefficient (Wildman–Crippen LogP) is 5.25. The normalized spacial score (nSPS) is 11.3. The van der Waals surface area contributed by atoms with E-state index in [1.54, 1.807) is 12.1 Å². The van der Waals surface area contributed by atoms with Crippen LogP contribution in [-0.4, -0.2) is 48.6 Å². The molecule has 0 bridgehead atoms. The number of carboxylic acids is 1. The molecule has 1 amide bonds. The monoisotopic (exact) mass is 489 g/mol. The Kier molecular flexibility index (Phi) is 9.61. The fourth-order valence-corrected chi connectivity index (χ4v) is 3.97. The minimum absolute atomic E-state index is 0.0195. The van der Waals surface area contributed by atoms with Gasteiger partial charge < -0.3 is 20.5 Å². The number of rotatable bonds is 13. The fourth-order valence-electron chi connectivity index (χ4n) is 3.97. The first-order valence-corrected chi connectivity index (χ1v) is 12.0. The zero-order valence-electron chi connectivity index (χ0n) is 21.2. The molecule has 7 nitrogen and oxygen atoms in total. The van der Waals surface area contributed by atoms with Gasteiger partial charge in [-0.3, -0.25) is 9.69 Å². The molecule has 0 aliphatic heterocycles. The first kappa shape index (κ1) is 26.9. The van der Waals surface area contributed by atoms with Gasteiger partial charge in [-0.25, -0.2) is 4.79 Å². The highest BCUT2D eigenvalue weighted by atomic mass is 16.5. The van der Waals surface area contributed by atoms with Crippen molar-refractivity contribution in [2.45, 2.75) is 26.8 Å². The quantitative estimate of drug-likeness (QED) is 0.284. The molecule has 36 heavy (non-hydrogen) atoms. The second-order valence-corrected chi connectivity index (χ2v) is 9.75. The minimum Gasteiger partial charge on any atom is -0.478 e. The number of aromatic carboxylic acids is 1. The zero-order valence-corrected chi connectivity index (χ0v) is 21.2. The van der Waals surface area contributed by atoms with Gasteiger partial charge >= 0.3 is 5.97 Å². The van der Waals surface area contributed by atoms with Gasteiger partial charge in [0, 0.05) is 18.8 Å². The summed E-state index contributed by atoms with van der Waals surface area (Å²) in [5, 5.41) is 15.3. The van der Waals surface area contributed by atoms with Crippen molar-refractivity contribution in [3.8, 4) is 11.5 Å². The molecule has 0 unspecified atom stereocenters. The van der Waals surface area contributed by atoms with E-state index in [-0.39, 0.29) is 11.3 Å². The summed E-state index contributed by atoms with van der Waals surface area (Å²) >= 11 is 0. The van der Waals surface area contributed by atoms with Crippen molar-refractivity contribution in [2.24, 2.45) is 5.41 Å². The highest BCUT2D eigenvalue weighted by molar-refractivity contribution is 5.92. The van der Waals surface area contributed by atoms with Gasteiger partial charge in [-0.2, -0.15) is 0 Å². The number of carbonyl (C=O) groups is 2. The number of para-hydroxylation sites is 1. The predicted molar refractivity (Wildman–Crippen MR) is 143 cm³/mol. The van der Waals surface area contributed by atoms with Gasteiger partial charge in [-0.1, -0.05) is 44.2 Å². The lowest BCUT2D eigenvalue weighted by molar-refractivity contribution is -0.117. The lowest BCUT2D eigenvalue weighted by Crippen LogP contribution is -2.38. The third-order valence-corrected chi connectivity index (χ3v) is 5.74. The summed E-state index contributed by atoms with van der Waals surface area (Å²) < 4.78 is 5.79. The van der Waals surface area contributed by atoms with Gasteiger partial charge in [-0.15, -0.1) is 0 Å². The van der Waals surface area contributed by atoms with Crippen LogP contribution in [0.5, 0.6) is 11.5 Å². The van der Waals surface area contributed by atoms with Crippen LogP contribution in [0.15, 0.2) is 78.9 Å². The molecule has 0 atom stereocenters. The van der Waals surface area contributed by atoms with E-state index in [2.05, 4.69) is 24.5 Å². The zero-order chi connectivity index (χ0) is 26.0. The van der Waals surface area contributed by atoms with Gasteiger partial charge in [0.2, 0.25) is 5.91 Å². The molecule has 3 aromatic rings. The molecule has 7 heteroatoms. The first-order valence-electron chi connectivity index (χ1n) is 12.0. The molecule has 3 rings (SSSR count). The van der Waals surface area contributed by atoms with Crippen molar-refractivity contribution in [3.05, 3.63) is 90.0 Å². The topological polar surface area (TPSA) is 90.9 Å². The first-order chi connectivity index (χ1) is 17.2. The number of hydrogen-bond acceptors (Lipinski definition) is 5. The summed E-state index contributed by atoms with van der Waals surface area (Å²) in [5.41, 5.74) is 2.09. The lowest BCUT2D eigenvalue weighted by Gasteiger charge is -2.30. The molecule has 3 aromatic carbocycles. The number of nitrogens with one attached hydrogen (secondary N) is 2. The van der Waals surface area contributed by atoms with Crippen LogP contribution in [-0.2, 0) is 11.3 Å². The fraction of sp³-hybridized carbons (Fsp3) is 0.310. The summed E-state index contributed by atoms with van der Waals surface area (Å²) in [7, 11) is 1.95. The molecule has 0 aromatic heterocycles. The Morgan fingerprint density at radius 1 is 0.917 bits per heavy atom. The van der Waals surface area contributed by atoms with Gasteiger partial charge in [0.05, 0.1) is 12.1 Å². The maximum Gasteiger partial charge on any atom is 0.335 e. The number of carboxylic acid groups (broad SMARTS) is 1. The van der Waals surface area contributed by atoms with Crippen LogP contribution in [0, 0.1) is 5.41 Å². The largest absolute Gasteiger partial charge is 0.478 e. The Balaban J connectivity index is 1.36. The summed E-state index contributed by atoms with van der Waals surface area (Å²) in [6.45, 7) is 6.97. The molecule has 0 heterocycles. The molecule has 0 aliphatic rings. The number of ether oxygens (including phenoxy) is 1. The average Bonchev–Trinajstić information content (AvgIpc) is 2.83. The molecule has 0 saturated carbocycles. The molecule has 0 saturated heterocycles.